The standard InChI is InChI=1S/C8H13F5O6S/c1-2-17-3-6(19-20(14,15)16)4-18-5-7(9,10)8(11,12)13/h6H,2-5H2,1H3,(H,14,15,16). The second-order valence-corrected chi connectivity index (χ2v) is 4.57. The third kappa shape index (κ3) is 7.89. The molecular formula is C8H13F5O6S. The van der Waals surface area contributed by atoms with Gasteiger partial charge in [0.05, 0.1) is 13.2 Å². The highest BCUT2D eigenvalue weighted by Gasteiger charge is 2.57. The quantitative estimate of drug-likeness (QED) is 0.508. The Balaban J connectivity index is 4.40. The lowest BCUT2D eigenvalue weighted by atomic mass is 10.3. The summed E-state index contributed by atoms with van der Waals surface area (Å²) in [6, 6.07) is 0. The van der Waals surface area contributed by atoms with Gasteiger partial charge in [-0.3, -0.25) is 4.55 Å². The Kier molecular flexibility index (Phi) is 7.24. The third-order valence-electron chi connectivity index (χ3n) is 1.77. The molecule has 0 radical (unpaired) electrons. The van der Waals surface area contributed by atoms with Crippen LogP contribution in [0, 0.1) is 0 Å². The molecule has 1 N–H and O–H groups in total. The second-order valence-electron chi connectivity index (χ2n) is 3.52. The summed E-state index contributed by atoms with van der Waals surface area (Å²) in [5, 5.41) is 0. The maximum Gasteiger partial charge on any atom is 0.455 e. The fourth-order valence-corrected chi connectivity index (χ4v) is 1.38. The highest BCUT2D eigenvalue weighted by Crippen LogP contribution is 2.35. The number of halogens is 5. The smallest absolute Gasteiger partial charge is 0.379 e. The fraction of sp³-hybridized carbons (Fsp3) is 1.00. The number of ether oxygens (including phenoxy) is 2. The largest absolute Gasteiger partial charge is 0.455 e. The highest BCUT2D eigenvalue weighted by atomic mass is 32.3. The second kappa shape index (κ2) is 7.45. The van der Waals surface area contributed by atoms with Crippen molar-refractivity contribution in [2.45, 2.75) is 25.1 Å². The van der Waals surface area contributed by atoms with Crippen LogP contribution in [-0.2, 0) is 24.1 Å². The number of hydrogen-bond donors (Lipinski definition) is 1. The minimum absolute atomic E-state index is 0.101. The van der Waals surface area contributed by atoms with Crippen LogP contribution in [0.25, 0.3) is 0 Å². The van der Waals surface area contributed by atoms with Crippen molar-refractivity contribution in [3.63, 3.8) is 0 Å². The summed E-state index contributed by atoms with van der Waals surface area (Å²) in [6.07, 6.45) is -7.33. The Bertz CT molecular complexity index is 381. The zero-order chi connectivity index (χ0) is 16.0. The van der Waals surface area contributed by atoms with E-state index in [4.69, 9.17) is 9.29 Å². The molecule has 0 bridgehead atoms. The average molecular weight is 332 g/mol. The average Bonchev–Trinajstić information content (AvgIpc) is 2.21. The van der Waals surface area contributed by atoms with Gasteiger partial charge in [-0.15, -0.1) is 0 Å². The lowest BCUT2D eigenvalue weighted by molar-refractivity contribution is -0.297. The summed E-state index contributed by atoms with van der Waals surface area (Å²) in [4.78, 5) is 0. The van der Waals surface area contributed by atoms with Crippen molar-refractivity contribution >= 4 is 10.4 Å². The molecule has 0 heterocycles. The van der Waals surface area contributed by atoms with Crippen LogP contribution in [0.1, 0.15) is 6.92 Å². The van der Waals surface area contributed by atoms with E-state index in [1.165, 1.54) is 6.92 Å². The molecule has 12 heteroatoms. The minimum Gasteiger partial charge on any atom is -0.379 e. The first kappa shape index (κ1) is 19.4. The minimum atomic E-state index is -5.79. The van der Waals surface area contributed by atoms with Crippen LogP contribution in [0.2, 0.25) is 0 Å². The first-order valence-electron chi connectivity index (χ1n) is 5.15. The Morgan fingerprint density at radius 1 is 1.10 bits per heavy atom. The zero-order valence-corrected chi connectivity index (χ0v) is 11.0. The first-order valence-corrected chi connectivity index (χ1v) is 6.51. The summed E-state index contributed by atoms with van der Waals surface area (Å²) in [7, 11) is -4.92. The lowest BCUT2D eigenvalue weighted by Gasteiger charge is -2.21. The Morgan fingerprint density at radius 3 is 2.00 bits per heavy atom. The molecule has 0 spiro atoms. The summed E-state index contributed by atoms with van der Waals surface area (Å²) in [5.74, 6) is -5.08. The molecule has 0 aromatic carbocycles. The predicted molar refractivity (Wildman–Crippen MR) is 54.7 cm³/mol. The van der Waals surface area contributed by atoms with Crippen molar-refractivity contribution in [1.82, 2.24) is 0 Å². The normalized spacial score (nSPS) is 15.3. The molecule has 1 unspecified atom stereocenters. The fourth-order valence-electron chi connectivity index (χ4n) is 0.925. The molecule has 122 valence electrons. The van der Waals surface area contributed by atoms with Gasteiger partial charge in [-0.1, -0.05) is 0 Å². The molecule has 0 fully saturated rings. The Morgan fingerprint density at radius 2 is 1.60 bits per heavy atom. The predicted octanol–water partition coefficient (Wildman–Crippen LogP) is 1.43. The van der Waals surface area contributed by atoms with Crippen LogP contribution < -0.4 is 0 Å². The van der Waals surface area contributed by atoms with E-state index in [-0.39, 0.29) is 6.61 Å². The molecule has 20 heavy (non-hydrogen) atoms. The van der Waals surface area contributed by atoms with Crippen LogP contribution in [0.4, 0.5) is 22.0 Å². The van der Waals surface area contributed by atoms with Crippen molar-refractivity contribution in [3.05, 3.63) is 0 Å². The number of hydrogen-bond acceptors (Lipinski definition) is 5. The van der Waals surface area contributed by atoms with Gasteiger partial charge in [-0.05, 0) is 6.92 Å². The molecule has 1 atom stereocenters. The van der Waals surface area contributed by atoms with Gasteiger partial charge in [-0.25, -0.2) is 4.18 Å². The first-order chi connectivity index (χ1) is 8.89. The van der Waals surface area contributed by atoms with Crippen LogP contribution in [0.15, 0.2) is 0 Å². The van der Waals surface area contributed by atoms with E-state index in [2.05, 4.69) is 8.92 Å². The maximum atomic E-state index is 12.5. The number of rotatable bonds is 9. The van der Waals surface area contributed by atoms with Crippen LogP contribution >= 0.6 is 0 Å². The van der Waals surface area contributed by atoms with Crippen molar-refractivity contribution < 1.29 is 48.6 Å². The van der Waals surface area contributed by atoms with Gasteiger partial charge in [0.15, 0.2) is 0 Å². The maximum absolute atomic E-state index is 12.5. The van der Waals surface area contributed by atoms with E-state index in [1.54, 1.807) is 0 Å². The van der Waals surface area contributed by atoms with E-state index < -0.39 is 48.4 Å². The zero-order valence-electron chi connectivity index (χ0n) is 10.2. The summed E-state index contributed by atoms with van der Waals surface area (Å²) in [5.41, 5.74) is 0. The third-order valence-corrected chi connectivity index (χ3v) is 2.28. The van der Waals surface area contributed by atoms with Gasteiger partial charge >= 0.3 is 22.5 Å². The van der Waals surface area contributed by atoms with Gasteiger partial charge in [0.1, 0.15) is 12.7 Å². The molecule has 6 nitrogen and oxygen atoms in total. The lowest BCUT2D eigenvalue weighted by Crippen LogP contribution is -2.42. The topological polar surface area (TPSA) is 82.1 Å². The molecule has 0 rings (SSSR count). The molecular weight excluding hydrogens is 319 g/mol. The Labute approximate surface area is 111 Å². The molecule has 0 aliphatic heterocycles. The number of alkyl halides is 5. The molecule has 0 aromatic heterocycles. The van der Waals surface area contributed by atoms with Crippen molar-refractivity contribution in [2.24, 2.45) is 0 Å². The van der Waals surface area contributed by atoms with E-state index in [0.717, 1.165) is 0 Å². The molecule has 0 amide bonds. The van der Waals surface area contributed by atoms with Crippen LogP contribution in [0.3, 0.4) is 0 Å². The van der Waals surface area contributed by atoms with Crippen molar-refractivity contribution in [2.75, 3.05) is 26.4 Å². The van der Waals surface area contributed by atoms with E-state index in [9.17, 15) is 30.4 Å². The van der Waals surface area contributed by atoms with Gasteiger partial charge in [0, 0.05) is 6.61 Å². The molecule has 0 saturated heterocycles. The van der Waals surface area contributed by atoms with Gasteiger partial charge in [0.25, 0.3) is 0 Å². The van der Waals surface area contributed by atoms with E-state index in [0.29, 0.717) is 0 Å². The van der Waals surface area contributed by atoms with Crippen LogP contribution in [0.5, 0.6) is 0 Å². The highest BCUT2D eigenvalue weighted by molar-refractivity contribution is 7.80. The van der Waals surface area contributed by atoms with E-state index >= 15 is 0 Å². The SMILES string of the molecule is CCOCC(COCC(F)(F)C(F)(F)F)OS(=O)(=O)O. The van der Waals surface area contributed by atoms with Crippen molar-refractivity contribution in [3.8, 4) is 0 Å². The van der Waals surface area contributed by atoms with E-state index in [1.807, 2.05) is 0 Å². The summed E-state index contributed by atoms with van der Waals surface area (Å²) >= 11 is 0. The molecule has 0 saturated carbocycles. The monoisotopic (exact) mass is 332 g/mol. The summed E-state index contributed by atoms with van der Waals surface area (Å²) < 4.78 is 102. The van der Waals surface area contributed by atoms with Gasteiger partial charge < -0.3 is 9.47 Å². The molecule has 0 aromatic rings. The van der Waals surface area contributed by atoms with Crippen LogP contribution in [-0.4, -0.2) is 57.6 Å². The van der Waals surface area contributed by atoms with Gasteiger partial charge in [0.2, 0.25) is 0 Å². The van der Waals surface area contributed by atoms with Gasteiger partial charge in [-0.2, -0.15) is 30.4 Å². The Hall–Kier alpha value is -0.560. The van der Waals surface area contributed by atoms with Crippen molar-refractivity contribution in [1.29, 1.82) is 0 Å². The summed E-state index contributed by atoms with van der Waals surface area (Å²) in [6.45, 7) is -1.81. The molecule has 0 aliphatic carbocycles. The molecule has 0 aliphatic rings.